The first-order chi connectivity index (χ1) is 12.8. The average molecular weight is 342 g/mol. The number of nitrogens with two attached hydrogens (primary N) is 1. The zero-order valence-electron chi connectivity index (χ0n) is 14.7. The molecule has 2 aromatic carbocycles. The summed E-state index contributed by atoms with van der Waals surface area (Å²) in [5, 5.41) is 0. The molecular weight excluding hydrogens is 320 g/mol. The van der Waals surface area contributed by atoms with Crippen molar-refractivity contribution in [3.63, 3.8) is 0 Å². The van der Waals surface area contributed by atoms with Gasteiger partial charge in [0.2, 0.25) is 0 Å². The Balaban J connectivity index is 1.46. The zero-order chi connectivity index (χ0) is 17.5. The van der Waals surface area contributed by atoms with Crippen molar-refractivity contribution >= 4 is 11.0 Å². The van der Waals surface area contributed by atoms with Crippen LogP contribution in [0.5, 0.6) is 0 Å². The van der Waals surface area contributed by atoms with Gasteiger partial charge in [0.15, 0.2) is 0 Å². The molecule has 3 aromatic rings. The van der Waals surface area contributed by atoms with Crippen LogP contribution in [-0.4, -0.2) is 27.5 Å². The van der Waals surface area contributed by atoms with E-state index in [1.807, 2.05) is 0 Å². The van der Waals surface area contributed by atoms with Crippen LogP contribution in [0.1, 0.15) is 11.4 Å². The van der Waals surface area contributed by atoms with Crippen molar-refractivity contribution in [1.82, 2.24) is 14.5 Å². The van der Waals surface area contributed by atoms with Crippen LogP contribution in [0, 0.1) is 0 Å². The van der Waals surface area contributed by atoms with E-state index in [0.717, 1.165) is 37.1 Å². The summed E-state index contributed by atoms with van der Waals surface area (Å²) in [6.45, 7) is 3.64. The van der Waals surface area contributed by atoms with Gasteiger partial charge in [0.1, 0.15) is 5.82 Å². The van der Waals surface area contributed by atoms with Crippen molar-refractivity contribution < 1.29 is 0 Å². The topological polar surface area (TPSA) is 47.1 Å². The number of hydrogen-bond acceptors (Lipinski definition) is 3. The lowest BCUT2D eigenvalue weighted by Gasteiger charge is -2.25. The van der Waals surface area contributed by atoms with E-state index < -0.39 is 0 Å². The minimum Gasteiger partial charge on any atom is -0.369 e. The Hall–Kier alpha value is -2.85. The summed E-state index contributed by atoms with van der Waals surface area (Å²) in [6, 6.07) is 15.1. The van der Waals surface area contributed by atoms with E-state index in [9.17, 15) is 0 Å². The fourth-order valence-electron chi connectivity index (χ4n) is 3.85. The molecule has 4 nitrogen and oxygen atoms in total. The van der Waals surface area contributed by atoms with Gasteiger partial charge in [-0.2, -0.15) is 0 Å². The maximum Gasteiger partial charge on any atom is 0.111 e. The van der Waals surface area contributed by atoms with Crippen molar-refractivity contribution in [1.29, 1.82) is 0 Å². The first kappa shape index (κ1) is 15.4. The largest absolute Gasteiger partial charge is 0.369 e. The van der Waals surface area contributed by atoms with E-state index >= 15 is 0 Å². The first-order valence-corrected chi connectivity index (χ1v) is 9.24. The highest BCUT2D eigenvalue weighted by atomic mass is 15.2. The van der Waals surface area contributed by atoms with Gasteiger partial charge in [0.25, 0.3) is 0 Å². The van der Waals surface area contributed by atoms with Crippen molar-refractivity contribution in [2.45, 2.75) is 19.5 Å². The maximum atomic E-state index is 5.70. The summed E-state index contributed by atoms with van der Waals surface area (Å²) < 4.78 is 2.39. The number of rotatable bonds is 3. The molecule has 1 aromatic heterocycles. The minimum atomic E-state index is 0.580. The van der Waals surface area contributed by atoms with Crippen LogP contribution in [0.2, 0.25) is 0 Å². The third-order valence-corrected chi connectivity index (χ3v) is 5.45. The van der Waals surface area contributed by atoms with E-state index in [4.69, 9.17) is 10.7 Å². The molecule has 4 heteroatoms. The normalized spacial score (nSPS) is 16.2. The van der Waals surface area contributed by atoms with Gasteiger partial charge in [-0.3, -0.25) is 0 Å². The van der Waals surface area contributed by atoms with Crippen LogP contribution in [0.15, 0.2) is 66.4 Å². The average Bonchev–Trinajstić information content (AvgIpc) is 2.86. The van der Waals surface area contributed by atoms with E-state index in [1.54, 1.807) is 0 Å². The van der Waals surface area contributed by atoms with Crippen LogP contribution >= 0.6 is 0 Å². The van der Waals surface area contributed by atoms with E-state index in [2.05, 4.69) is 70.2 Å². The summed E-state index contributed by atoms with van der Waals surface area (Å²) in [5.74, 6) is 1.20. The molecule has 130 valence electrons. The molecule has 0 bridgehead atoms. The zero-order valence-corrected chi connectivity index (χ0v) is 14.7. The molecule has 2 N–H and O–H groups in total. The van der Waals surface area contributed by atoms with Crippen molar-refractivity contribution in [2.75, 3.05) is 13.1 Å². The number of aromatic nitrogens is 2. The maximum absolute atomic E-state index is 5.70. The summed E-state index contributed by atoms with van der Waals surface area (Å²) in [6.07, 6.45) is 7.47. The molecule has 0 radical (unpaired) electrons. The standard InChI is InChI=1S/C22H22N4/c23-15-16-4-6-17(7-5-16)18-8-9-21-20(14-18)24-22-10-11-25(12-13-26(21)22)19-2-1-3-19/h1-9,14H,10-13,15,23H2. The Morgan fingerprint density at radius 2 is 1.77 bits per heavy atom. The van der Waals surface area contributed by atoms with E-state index in [1.165, 1.54) is 28.2 Å². The molecule has 0 amide bonds. The molecule has 26 heavy (non-hydrogen) atoms. The highest BCUT2D eigenvalue weighted by Gasteiger charge is 2.19. The van der Waals surface area contributed by atoms with Gasteiger partial charge in [-0.25, -0.2) is 4.98 Å². The second-order valence-corrected chi connectivity index (χ2v) is 6.97. The van der Waals surface area contributed by atoms with Gasteiger partial charge < -0.3 is 15.2 Å². The minimum absolute atomic E-state index is 0.580. The Labute approximate surface area is 153 Å². The fraction of sp³-hybridized carbons (Fsp3) is 0.227. The molecule has 0 saturated heterocycles. The van der Waals surface area contributed by atoms with Gasteiger partial charge in [0.05, 0.1) is 11.0 Å². The molecule has 0 spiro atoms. The first-order valence-electron chi connectivity index (χ1n) is 9.24. The molecule has 0 saturated carbocycles. The smallest absolute Gasteiger partial charge is 0.111 e. The number of fused-ring (bicyclic) bond motifs is 3. The van der Waals surface area contributed by atoms with Crippen LogP contribution in [0.25, 0.3) is 22.2 Å². The molecule has 0 fully saturated rings. The summed E-state index contributed by atoms with van der Waals surface area (Å²) in [7, 11) is 0. The lowest BCUT2D eigenvalue weighted by atomic mass is 10.0. The van der Waals surface area contributed by atoms with Crippen molar-refractivity contribution in [2.24, 2.45) is 5.73 Å². The molecule has 1 aliphatic carbocycles. The van der Waals surface area contributed by atoms with Crippen molar-refractivity contribution in [3.8, 4) is 11.1 Å². The SMILES string of the molecule is NCc1ccc(-c2ccc3c(c2)nc2n3CCN(C3=CC=C3)CC2)cc1. The van der Waals surface area contributed by atoms with Crippen LogP contribution < -0.4 is 5.73 Å². The van der Waals surface area contributed by atoms with E-state index in [-0.39, 0.29) is 0 Å². The quantitative estimate of drug-likeness (QED) is 0.793. The van der Waals surface area contributed by atoms with Crippen LogP contribution in [0.4, 0.5) is 0 Å². The molecular formula is C22H22N4. The summed E-state index contributed by atoms with van der Waals surface area (Å²) in [5.41, 5.74) is 13.0. The Morgan fingerprint density at radius 1 is 0.962 bits per heavy atom. The molecule has 2 aliphatic rings. The van der Waals surface area contributed by atoms with Gasteiger partial charge in [0, 0.05) is 38.3 Å². The van der Waals surface area contributed by atoms with E-state index in [0.29, 0.717) is 6.54 Å². The molecule has 0 unspecified atom stereocenters. The third-order valence-electron chi connectivity index (χ3n) is 5.45. The van der Waals surface area contributed by atoms with Gasteiger partial charge in [-0.15, -0.1) is 0 Å². The van der Waals surface area contributed by atoms with Crippen LogP contribution in [0.3, 0.4) is 0 Å². The fourth-order valence-corrected chi connectivity index (χ4v) is 3.85. The number of hydrogen-bond donors (Lipinski definition) is 1. The molecule has 0 atom stereocenters. The number of benzene rings is 2. The van der Waals surface area contributed by atoms with Gasteiger partial charge in [-0.05, 0) is 41.0 Å². The highest BCUT2D eigenvalue weighted by Crippen LogP contribution is 2.27. The Bertz CT molecular complexity index is 1020. The number of nitrogens with zero attached hydrogens (tertiary/aromatic N) is 3. The predicted molar refractivity (Wildman–Crippen MR) is 106 cm³/mol. The number of allylic oxidation sites excluding steroid dienone is 3. The third kappa shape index (κ3) is 2.54. The van der Waals surface area contributed by atoms with Crippen LogP contribution in [-0.2, 0) is 19.5 Å². The monoisotopic (exact) mass is 342 g/mol. The van der Waals surface area contributed by atoms with Crippen molar-refractivity contribution in [3.05, 3.63) is 77.8 Å². The Morgan fingerprint density at radius 3 is 2.50 bits per heavy atom. The van der Waals surface area contributed by atoms with Gasteiger partial charge >= 0.3 is 0 Å². The second-order valence-electron chi connectivity index (χ2n) is 6.97. The van der Waals surface area contributed by atoms with Gasteiger partial charge in [-0.1, -0.05) is 36.4 Å². The molecule has 5 rings (SSSR count). The number of imidazole rings is 1. The Kier molecular flexibility index (Phi) is 3.64. The second kappa shape index (κ2) is 6.15. The highest BCUT2D eigenvalue weighted by molar-refractivity contribution is 5.82. The lowest BCUT2D eigenvalue weighted by Crippen LogP contribution is -2.26. The predicted octanol–water partition coefficient (Wildman–Crippen LogP) is 3.47. The lowest BCUT2D eigenvalue weighted by molar-refractivity contribution is 0.359. The summed E-state index contributed by atoms with van der Waals surface area (Å²) >= 11 is 0. The molecule has 2 heterocycles. The summed E-state index contributed by atoms with van der Waals surface area (Å²) in [4.78, 5) is 7.40. The molecule has 1 aliphatic heterocycles.